The number of nitrogens with one attached hydrogen (secondary N) is 1. The van der Waals surface area contributed by atoms with Crippen LogP contribution in [0.5, 0.6) is 5.88 Å². The van der Waals surface area contributed by atoms with Gasteiger partial charge in [-0.05, 0) is 37.6 Å². The molecule has 0 saturated heterocycles. The second-order valence-electron chi connectivity index (χ2n) is 7.60. The predicted molar refractivity (Wildman–Crippen MR) is 123 cm³/mol. The van der Waals surface area contributed by atoms with Crippen LogP contribution >= 0.6 is 0 Å². The topological polar surface area (TPSA) is 105 Å². The van der Waals surface area contributed by atoms with Gasteiger partial charge in [-0.25, -0.2) is 4.98 Å². The largest absolute Gasteiger partial charge is 0.481 e. The van der Waals surface area contributed by atoms with E-state index in [2.05, 4.69) is 10.3 Å². The number of hydrogen-bond acceptors (Lipinski definition) is 7. The molecule has 7 nitrogen and oxygen atoms in total. The van der Waals surface area contributed by atoms with E-state index in [1.807, 2.05) is 26.0 Å². The molecule has 32 heavy (non-hydrogen) atoms. The fraction of sp³-hybridized carbons (Fsp3) is 0.200. The van der Waals surface area contributed by atoms with Gasteiger partial charge >= 0.3 is 0 Å². The van der Waals surface area contributed by atoms with Crippen molar-refractivity contribution in [1.29, 1.82) is 0 Å². The minimum absolute atomic E-state index is 0.172. The molecule has 0 fully saturated rings. The summed E-state index contributed by atoms with van der Waals surface area (Å²) < 4.78 is 11.4. The molecule has 0 saturated carbocycles. The van der Waals surface area contributed by atoms with Crippen molar-refractivity contribution >= 4 is 16.7 Å². The summed E-state index contributed by atoms with van der Waals surface area (Å²) >= 11 is 0. The molecule has 0 aliphatic heterocycles. The number of aliphatic hydroxyl groups is 2. The number of aromatic nitrogens is 1. The van der Waals surface area contributed by atoms with Gasteiger partial charge in [-0.3, -0.25) is 4.79 Å². The Balaban J connectivity index is 1.84. The van der Waals surface area contributed by atoms with Gasteiger partial charge < -0.3 is 24.7 Å². The molecule has 2 heterocycles. The van der Waals surface area contributed by atoms with E-state index in [-0.39, 0.29) is 11.5 Å². The quantitative estimate of drug-likeness (QED) is 0.390. The number of methoxy groups -OCH3 is 1. The predicted octanol–water partition coefficient (Wildman–Crippen LogP) is 4.33. The van der Waals surface area contributed by atoms with Crippen molar-refractivity contribution in [2.24, 2.45) is 0 Å². The first-order valence-corrected chi connectivity index (χ1v) is 10.2. The third kappa shape index (κ3) is 4.21. The maximum Gasteiger partial charge on any atom is 0.213 e. The summed E-state index contributed by atoms with van der Waals surface area (Å²) in [5.41, 5.74) is 3.39. The Labute approximate surface area is 184 Å². The van der Waals surface area contributed by atoms with E-state index in [1.165, 1.54) is 13.2 Å². The lowest BCUT2D eigenvalue weighted by Crippen LogP contribution is -2.12. The average Bonchev–Trinajstić information content (AvgIpc) is 2.79. The molecule has 0 aliphatic rings. The monoisotopic (exact) mass is 432 g/mol. The van der Waals surface area contributed by atoms with Crippen LogP contribution in [0.1, 0.15) is 35.9 Å². The Hall–Kier alpha value is -3.68. The molecule has 4 aromatic rings. The molecular formula is C25H24N2O5. The normalized spacial score (nSPS) is 12.2. The van der Waals surface area contributed by atoms with Crippen molar-refractivity contribution in [2.45, 2.75) is 26.2 Å². The SMILES string of the molecule is COc1cccc(-c2cc(=O)c3cc(C)cc(C(C)Nc4ccccc4C(O)O)c3o2)n1. The Morgan fingerprint density at radius 2 is 1.81 bits per heavy atom. The third-order valence-electron chi connectivity index (χ3n) is 5.26. The molecule has 0 radical (unpaired) electrons. The Morgan fingerprint density at radius 3 is 2.56 bits per heavy atom. The van der Waals surface area contributed by atoms with Gasteiger partial charge in [-0.15, -0.1) is 0 Å². The number of para-hydroxylation sites is 1. The highest BCUT2D eigenvalue weighted by Gasteiger charge is 2.18. The van der Waals surface area contributed by atoms with Crippen molar-refractivity contribution < 1.29 is 19.4 Å². The van der Waals surface area contributed by atoms with Gasteiger partial charge in [0, 0.05) is 28.9 Å². The smallest absolute Gasteiger partial charge is 0.213 e. The standard InChI is InChI=1S/C25H24N2O5/c1-14-11-17(15(2)26-19-8-5-4-7-16(19)25(29)30)24-18(12-14)21(28)13-22(32-24)20-9-6-10-23(27-20)31-3/h4-13,15,25-26,29-30H,1-3H3. The molecule has 164 valence electrons. The van der Waals surface area contributed by atoms with Crippen LogP contribution in [0.25, 0.3) is 22.4 Å². The van der Waals surface area contributed by atoms with Gasteiger partial charge in [0.2, 0.25) is 5.88 Å². The molecule has 7 heteroatoms. The number of pyridine rings is 1. The zero-order valence-electron chi connectivity index (χ0n) is 18.0. The zero-order valence-corrected chi connectivity index (χ0v) is 18.0. The van der Waals surface area contributed by atoms with Crippen LogP contribution in [-0.2, 0) is 0 Å². The summed E-state index contributed by atoms with van der Waals surface area (Å²) in [6, 6.07) is 17.1. The Kier molecular flexibility index (Phi) is 5.94. The number of fused-ring (bicyclic) bond motifs is 1. The van der Waals surface area contributed by atoms with E-state index in [1.54, 1.807) is 42.5 Å². The van der Waals surface area contributed by atoms with E-state index in [0.29, 0.717) is 39.6 Å². The molecule has 2 aromatic heterocycles. The number of rotatable bonds is 6. The van der Waals surface area contributed by atoms with Gasteiger partial charge in [-0.2, -0.15) is 0 Å². The first-order valence-electron chi connectivity index (χ1n) is 10.2. The molecule has 0 bridgehead atoms. The van der Waals surface area contributed by atoms with Gasteiger partial charge in [0.1, 0.15) is 11.3 Å². The van der Waals surface area contributed by atoms with E-state index in [9.17, 15) is 15.0 Å². The van der Waals surface area contributed by atoms with Crippen LogP contribution < -0.4 is 15.5 Å². The van der Waals surface area contributed by atoms with Crippen molar-refractivity contribution in [3.63, 3.8) is 0 Å². The maximum atomic E-state index is 13.0. The summed E-state index contributed by atoms with van der Waals surface area (Å²) in [4.78, 5) is 17.3. The van der Waals surface area contributed by atoms with Gasteiger partial charge in [0.15, 0.2) is 17.5 Å². The van der Waals surface area contributed by atoms with Crippen LogP contribution in [0, 0.1) is 6.92 Å². The molecular weight excluding hydrogens is 408 g/mol. The molecule has 1 atom stereocenters. The summed E-state index contributed by atoms with van der Waals surface area (Å²) in [7, 11) is 1.53. The second-order valence-corrected chi connectivity index (χ2v) is 7.60. The molecule has 0 amide bonds. The Bertz CT molecular complexity index is 1330. The highest BCUT2D eigenvalue weighted by Crippen LogP contribution is 2.32. The van der Waals surface area contributed by atoms with Crippen LogP contribution in [0.4, 0.5) is 5.69 Å². The molecule has 4 rings (SSSR count). The molecule has 2 aromatic carbocycles. The molecule has 1 unspecified atom stereocenters. The Morgan fingerprint density at radius 1 is 1.03 bits per heavy atom. The van der Waals surface area contributed by atoms with Gasteiger partial charge in [0.05, 0.1) is 18.5 Å². The fourth-order valence-electron chi connectivity index (χ4n) is 3.71. The molecule has 0 spiro atoms. The zero-order chi connectivity index (χ0) is 22.8. The summed E-state index contributed by atoms with van der Waals surface area (Å²) in [5, 5.41) is 23.1. The lowest BCUT2D eigenvalue weighted by atomic mass is 10.0. The van der Waals surface area contributed by atoms with Crippen molar-refractivity contribution in [3.05, 3.63) is 87.6 Å². The summed E-state index contributed by atoms with van der Waals surface area (Å²) in [6.45, 7) is 3.84. The van der Waals surface area contributed by atoms with E-state index in [4.69, 9.17) is 9.15 Å². The highest BCUT2D eigenvalue weighted by atomic mass is 16.5. The van der Waals surface area contributed by atoms with Crippen LogP contribution in [0.2, 0.25) is 0 Å². The lowest BCUT2D eigenvalue weighted by molar-refractivity contribution is -0.0419. The first-order chi connectivity index (χ1) is 15.4. The highest BCUT2D eigenvalue weighted by molar-refractivity contribution is 5.83. The average molecular weight is 432 g/mol. The minimum atomic E-state index is -1.61. The number of hydrogen-bond donors (Lipinski definition) is 3. The third-order valence-corrected chi connectivity index (χ3v) is 5.26. The summed E-state index contributed by atoms with van der Waals surface area (Å²) in [6.07, 6.45) is -1.61. The molecule has 3 N–H and O–H groups in total. The van der Waals surface area contributed by atoms with Crippen LogP contribution in [-0.4, -0.2) is 22.3 Å². The maximum absolute atomic E-state index is 13.0. The van der Waals surface area contributed by atoms with E-state index in [0.717, 1.165) is 11.1 Å². The lowest BCUT2D eigenvalue weighted by Gasteiger charge is -2.20. The number of anilines is 1. The van der Waals surface area contributed by atoms with Gasteiger partial charge in [-0.1, -0.05) is 30.3 Å². The van der Waals surface area contributed by atoms with Crippen molar-refractivity contribution in [1.82, 2.24) is 4.98 Å². The second kappa shape index (κ2) is 8.82. The van der Waals surface area contributed by atoms with Gasteiger partial charge in [0.25, 0.3) is 0 Å². The molecule has 0 aliphatic carbocycles. The number of aryl methyl sites for hydroxylation is 1. The number of nitrogens with zero attached hydrogens (tertiary/aromatic N) is 1. The first kappa shape index (κ1) is 21.5. The summed E-state index contributed by atoms with van der Waals surface area (Å²) in [5.74, 6) is 0.758. The van der Waals surface area contributed by atoms with Crippen LogP contribution in [0.3, 0.4) is 0 Å². The van der Waals surface area contributed by atoms with Crippen molar-refractivity contribution in [3.8, 4) is 17.3 Å². The fourth-order valence-corrected chi connectivity index (χ4v) is 3.71. The number of ether oxygens (including phenoxy) is 1. The number of aliphatic hydroxyl groups excluding tert-OH is 1. The number of benzene rings is 2. The van der Waals surface area contributed by atoms with E-state index >= 15 is 0 Å². The van der Waals surface area contributed by atoms with E-state index < -0.39 is 6.29 Å². The van der Waals surface area contributed by atoms with Crippen molar-refractivity contribution in [2.75, 3.05) is 12.4 Å². The van der Waals surface area contributed by atoms with Crippen LogP contribution in [0.15, 0.2) is 69.9 Å². The minimum Gasteiger partial charge on any atom is -0.481 e.